The summed E-state index contributed by atoms with van der Waals surface area (Å²) in [5.74, 6) is 1.94. The minimum atomic E-state index is 0. The molecule has 1 rings (SSSR count). The molecule has 0 atom stereocenters. The summed E-state index contributed by atoms with van der Waals surface area (Å²) in [7, 11) is 1.81. The summed E-state index contributed by atoms with van der Waals surface area (Å²) < 4.78 is 0. The molecule has 2 N–H and O–H groups in total. The smallest absolute Gasteiger partial charge is 0.191 e. The Morgan fingerprint density at radius 2 is 1.84 bits per heavy atom. The largest absolute Gasteiger partial charge is 0.356 e. The molecule has 1 aromatic carbocycles. The summed E-state index contributed by atoms with van der Waals surface area (Å²) in [6, 6.07) is 10.5. The number of unbranched alkanes of at least 4 members (excludes halogenated alkanes) is 1. The number of thioether (sulfide) groups is 1. The van der Waals surface area contributed by atoms with Crippen molar-refractivity contribution in [2.45, 2.75) is 24.7 Å². The molecule has 5 heteroatoms. The SMILES string of the molecule is CCCCNC(=NC)NCCSc1ccccc1.I. The molecule has 0 saturated carbocycles. The van der Waals surface area contributed by atoms with Crippen LogP contribution in [0.3, 0.4) is 0 Å². The summed E-state index contributed by atoms with van der Waals surface area (Å²) in [5, 5.41) is 6.62. The predicted molar refractivity (Wildman–Crippen MR) is 96.9 cm³/mol. The van der Waals surface area contributed by atoms with Gasteiger partial charge in [0.2, 0.25) is 0 Å². The Morgan fingerprint density at radius 1 is 1.16 bits per heavy atom. The van der Waals surface area contributed by atoms with Crippen LogP contribution in [0.1, 0.15) is 19.8 Å². The van der Waals surface area contributed by atoms with Gasteiger partial charge in [-0.2, -0.15) is 0 Å². The van der Waals surface area contributed by atoms with E-state index in [0.717, 1.165) is 24.8 Å². The van der Waals surface area contributed by atoms with Crippen LogP contribution >= 0.6 is 35.7 Å². The number of nitrogens with zero attached hydrogens (tertiary/aromatic N) is 1. The first kappa shape index (κ1) is 18.6. The summed E-state index contributed by atoms with van der Waals surface area (Å²) in [6.45, 7) is 4.10. The lowest BCUT2D eigenvalue weighted by atomic mass is 10.3. The highest BCUT2D eigenvalue weighted by molar-refractivity contribution is 14.0. The zero-order chi connectivity index (χ0) is 13.1. The minimum Gasteiger partial charge on any atom is -0.356 e. The van der Waals surface area contributed by atoms with Crippen LogP contribution in [0.2, 0.25) is 0 Å². The average Bonchev–Trinajstić information content (AvgIpc) is 2.43. The molecule has 19 heavy (non-hydrogen) atoms. The molecule has 3 nitrogen and oxygen atoms in total. The summed E-state index contributed by atoms with van der Waals surface area (Å²) in [5.41, 5.74) is 0. The Bertz CT molecular complexity index is 344. The van der Waals surface area contributed by atoms with Crippen molar-refractivity contribution in [1.82, 2.24) is 10.6 Å². The molecular formula is C14H24IN3S. The fourth-order valence-corrected chi connectivity index (χ4v) is 2.25. The van der Waals surface area contributed by atoms with E-state index in [2.05, 4.69) is 46.8 Å². The number of rotatable bonds is 7. The van der Waals surface area contributed by atoms with Crippen LogP contribution in [0.15, 0.2) is 40.2 Å². The number of nitrogens with one attached hydrogen (secondary N) is 2. The van der Waals surface area contributed by atoms with Gasteiger partial charge in [0.05, 0.1) is 0 Å². The molecular weight excluding hydrogens is 369 g/mol. The van der Waals surface area contributed by atoms with Gasteiger partial charge in [-0.1, -0.05) is 31.5 Å². The van der Waals surface area contributed by atoms with Crippen LogP contribution in [0, 0.1) is 0 Å². The first-order valence-corrected chi connectivity index (χ1v) is 7.47. The lowest BCUT2D eigenvalue weighted by molar-refractivity contribution is 0.734. The van der Waals surface area contributed by atoms with Crippen molar-refractivity contribution < 1.29 is 0 Å². The summed E-state index contributed by atoms with van der Waals surface area (Å²) in [4.78, 5) is 5.50. The fourth-order valence-electron chi connectivity index (χ4n) is 1.46. The monoisotopic (exact) mass is 393 g/mol. The zero-order valence-corrected chi connectivity index (χ0v) is 14.8. The molecule has 0 aliphatic rings. The average molecular weight is 393 g/mol. The van der Waals surface area contributed by atoms with Crippen LogP contribution < -0.4 is 10.6 Å². The Morgan fingerprint density at radius 3 is 2.47 bits per heavy atom. The molecule has 0 amide bonds. The van der Waals surface area contributed by atoms with E-state index in [0.29, 0.717) is 0 Å². The first-order chi connectivity index (χ1) is 8.86. The van der Waals surface area contributed by atoms with Crippen molar-refractivity contribution in [2.75, 3.05) is 25.9 Å². The molecule has 0 fully saturated rings. The van der Waals surface area contributed by atoms with E-state index in [9.17, 15) is 0 Å². The maximum Gasteiger partial charge on any atom is 0.191 e. The van der Waals surface area contributed by atoms with Crippen molar-refractivity contribution in [3.8, 4) is 0 Å². The van der Waals surface area contributed by atoms with E-state index in [1.165, 1.54) is 17.7 Å². The van der Waals surface area contributed by atoms with E-state index in [1.54, 1.807) is 0 Å². The van der Waals surface area contributed by atoms with Gasteiger partial charge in [0.15, 0.2) is 5.96 Å². The van der Waals surface area contributed by atoms with E-state index >= 15 is 0 Å². The molecule has 0 heterocycles. The van der Waals surface area contributed by atoms with Crippen molar-refractivity contribution in [3.05, 3.63) is 30.3 Å². The van der Waals surface area contributed by atoms with Crippen LogP contribution in [0.25, 0.3) is 0 Å². The lowest BCUT2D eigenvalue weighted by Crippen LogP contribution is -2.38. The summed E-state index contributed by atoms with van der Waals surface area (Å²) in [6.07, 6.45) is 2.38. The number of benzene rings is 1. The molecule has 1 aromatic rings. The molecule has 0 radical (unpaired) electrons. The van der Waals surface area contributed by atoms with E-state index in [1.807, 2.05) is 24.9 Å². The number of hydrogen-bond acceptors (Lipinski definition) is 2. The first-order valence-electron chi connectivity index (χ1n) is 6.49. The third-order valence-corrected chi connectivity index (χ3v) is 3.47. The van der Waals surface area contributed by atoms with Crippen molar-refractivity contribution >= 4 is 41.7 Å². The van der Waals surface area contributed by atoms with Gasteiger partial charge < -0.3 is 10.6 Å². The lowest BCUT2D eigenvalue weighted by Gasteiger charge is -2.11. The van der Waals surface area contributed by atoms with Gasteiger partial charge in [0, 0.05) is 30.8 Å². The topological polar surface area (TPSA) is 36.4 Å². The molecule has 0 saturated heterocycles. The quantitative estimate of drug-likeness (QED) is 0.245. The number of guanidine groups is 1. The van der Waals surface area contributed by atoms with Crippen LogP contribution in [0.4, 0.5) is 0 Å². The van der Waals surface area contributed by atoms with Gasteiger partial charge in [-0.25, -0.2) is 0 Å². The second-order valence-corrected chi connectivity index (χ2v) is 5.11. The van der Waals surface area contributed by atoms with Gasteiger partial charge in [-0.3, -0.25) is 4.99 Å². The Hall–Kier alpha value is -0.430. The van der Waals surface area contributed by atoms with Crippen LogP contribution in [-0.2, 0) is 0 Å². The fraction of sp³-hybridized carbons (Fsp3) is 0.500. The van der Waals surface area contributed by atoms with E-state index < -0.39 is 0 Å². The van der Waals surface area contributed by atoms with Crippen molar-refractivity contribution in [3.63, 3.8) is 0 Å². The Balaban J connectivity index is 0.00000324. The standard InChI is InChI=1S/C14H23N3S.HI/c1-3-4-10-16-14(15-2)17-11-12-18-13-8-6-5-7-9-13;/h5-9H,3-4,10-12H2,1-2H3,(H2,15,16,17);1H. The van der Waals surface area contributed by atoms with Crippen molar-refractivity contribution in [2.24, 2.45) is 4.99 Å². The van der Waals surface area contributed by atoms with Gasteiger partial charge >= 0.3 is 0 Å². The highest BCUT2D eigenvalue weighted by Crippen LogP contribution is 2.15. The predicted octanol–water partition coefficient (Wildman–Crippen LogP) is 3.36. The molecule has 0 aromatic heterocycles. The van der Waals surface area contributed by atoms with E-state index in [4.69, 9.17) is 0 Å². The number of halogens is 1. The molecule has 0 aliphatic heterocycles. The third kappa shape index (κ3) is 9.15. The Labute approximate surface area is 138 Å². The van der Waals surface area contributed by atoms with Gasteiger partial charge in [-0.05, 0) is 18.6 Å². The van der Waals surface area contributed by atoms with Gasteiger partial charge in [0.25, 0.3) is 0 Å². The van der Waals surface area contributed by atoms with E-state index in [-0.39, 0.29) is 24.0 Å². The molecule has 0 unspecified atom stereocenters. The normalized spacial score (nSPS) is 10.7. The molecule has 0 aliphatic carbocycles. The molecule has 108 valence electrons. The second-order valence-electron chi connectivity index (χ2n) is 3.94. The number of aliphatic imine (C=N–C) groups is 1. The highest BCUT2D eigenvalue weighted by atomic mass is 127. The van der Waals surface area contributed by atoms with Crippen LogP contribution in [-0.4, -0.2) is 31.8 Å². The number of hydrogen-bond donors (Lipinski definition) is 2. The van der Waals surface area contributed by atoms with Crippen LogP contribution in [0.5, 0.6) is 0 Å². The maximum atomic E-state index is 4.19. The zero-order valence-electron chi connectivity index (χ0n) is 11.7. The molecule has 0 bridgehead atoms. The van der Waals surface area contributed by atoms with Gasteiger partial charge in [0.1, 0.15) is 0 Å². The van der Waals surface area contributed by atoms with Crippen molar-refractivity contribution in [1.29, 1.82) is 0 Å². The molecule has 0 spiro atoms. The third-order valence-electron chi connectivity index (χ3n) is 2.45. The summed E-state index contributed by atoms with van der Waals surface area (Å²) >= 11 is 1.86. The minimum absolute atomic E-state index is 0. The highest BCUT2D eigenvalue weighted by Gasteiger charge is 1.96. The van der Waals surface area contributed by atoms with Gasteiger partial charge in [-0.15, -0.1) is 35.7 Å². The maximum absolute atomic E-state index is 4.19. The second kappa shape index (κ2) is 12.6. The Kier molecular flexibility index (Phi) is 12.3.